The van der Waals surface area contributed by atoms with Gasteiger partial charge < -0.3 is 15.3 Å². The molecule has 3 unspecified atom stereocenters. The van der Waals surface area contributed by atoms with Crippen molar-refractivity contribution in [3.05, 3.63) is 0 Å². The van der Waals surface area contributed by atoms with Gasteiger partial charge in [0.2, 0.25) is 0 Å². The standard InChI is InChI=1S/C11H21N3O2/c1-13(2)11(16)12-8-6-10(15)9-4-3-5-14(9)7-8/h8-10,15H,3-7H2,1-2H3,(H,12,16). The molecule has 2 saturated heterocycles. The van der Waals surface area contributed by atoms with Gasteiger partial charge in [0, 0.05) is 32.7 Å². The van der Waals surface area contributed by atoms with Gasteiger partial charge in [0.15, 0.2) is 0 Å². The number of aliphatic hydroxyl groups excluding tert-OH is 1. The Kier molecular flexibility index (Phi) is 3.35. The van der Waals surface area contributed by atoms with Gasteiger partial charge in [-0.1, -0.05) is 0 Å². The summed E-state index contributed by atoms with van der Waals surface area (Å²) in [6.07, 6.45) is 2.65. The van der Waals surface area contributed by atoms with Crippen molar-refractivity contribution < 1.29 is 9.90 Å². The quantitative estimate of drug-likeness (QED) is 0.655. The molecule has 2 heterocycles. The van der Waals surface area contributed by atoms with Gasteiger partial charge in [0.1, 0.15) is 0 Å². The largest absolute Gasteiger partial charge is 0.391 e. The van der Waals surface area contributed by atoms with Gasteiger partial charge in [-0.15, -0.1) is 0 Å². The maximum atomic E-state index is 11.5. The second-order valence-electron chi connectivity index (χ2n) is 5.05. The molecule has 0 aromatic heterocycles. The van der Waals surface area contributed by atoms with Crippen LogP contribution in [0.3, 0.4) is 0 Å². The molecule has 2 rings (SSSR count). The zero-order valence-corrected chi connectivity index (χ0v) is 10.0. The highest BCUT2D eigenvalue weighted by atomic mass is 16.3. The Bertz CT molecular complexity index is 270. The fourth-order valence-electron chi connectivity index (χ4n) is 2.73. The highest BCUT2D eigenvalue weighted by Gasteiger charge is 2.38. The third-order valence-corrected chi connectivity index (χ3v) is 3.57. The molecule has 0 radical (unpaired) electrons. The van der Waals surface area contributed by atoms with Crippen molar-refractivity contribution in [3.63, 3.8) is 0 Å². The average molecular weight is 227 g/mol. The molecule has 5 nitrogen and oxygen atoms in total. The topological polar surface area (TPSA) is 55.8 Å². The predicted octanol–water partition coefficient (Wildman–Crippen LogP) is -0.145. The van der Waals surface area contributed by atoms with Gasteiger partial charge >= 0.3 is 6.03 Å². The first-order valence-electron chi connectivity index (χ1n) is 5.98. The van der Waals surface area contributed by atoms with Crippen LogP contribution >= 0.6 is 0 Å². The van der Waals surface area contributed by atoms with Crippen LogP contribution < -0.4 is 5.32 Å². The molecule has 2 aliphatic heterocycles. The van der Waals surface area contributed by atoms with Crippen LogP contribution in [-0.2, 0) is 0 Å². The number of amides is 2. The minimum atomic E-state index is -0.288. The summed E-state index contributed by atoms with van der Waals surface area (Å²) >= 11 is 0. The first-order chi connectivity index (χ1) is 7.58. The van der Waals surface area contributed by atoms with E-state index >= 15 is 0 Å². The molecular formula is C11H21N3O2. The molecule has 2 amide bonds. The minimum absolute atomic E-state index is 0.0742. The lowest BCUT2D eigenvalue weighted by molar-refractivity contribution is 0.0195. The smallest absolute Gasteiger partial charge is 0.317 e. The zero-order chi connectivity index (χ0) is 11.7. The Morgan fingerprint density at radius 2 is 2.25 bits per heavy atom. The molecule has 0 aromatic rings. The molecule has 0 spiro atoms. The van der Waals surface area contributed by atoms with E-state index in [-0.39, 0.29) is 18.2 Å². The Balaban J connectivity index is 1.90. The SMILES string of the molecule is CN(C)C(=O)NC1CC(O)C2CCCN2C1. The Morgan fingerprint density at radius 3 is 2.94 bits per heavy atom. The molecule has 0 aliphatic carbocycles. The van der Waals surface area contributed by atoms with E-state index in [1.54, 1.807) is 14.1 Å². The van der Waals surface area contributed by atoms with Gasteiger partial charge in [-0.2, -0.15) is 0 Å². The summed E-state index contributed by atoms with van der Waals surface area (Å²) in [5.41, 5.74) is 0. The monoisotopic (exact) mass is 227 g/mol. The van der Waals surface area contributed by atoms with Crippen molar-refractivity contribution in [2.45, 2.75) is 37.5 Å². The van der Waals surface area contributed by atoms with E-state index in [4.69, 9.17) is 0 Å². The van der Waals surface area contributed by atoms with Crippen LogP contribution in [-0.4, -0.2) is 66.3 Å². The molecule has 2 aliphatic rings. The summed E-state index contributed by atoms with van der Waals surface area (Å²) in [7, 11) is 3.46. The third kappa shape index (κ3) is 2.30. The molecule has 92 valence electrons. The normalized spacial score (nSPS) is 34.6. The maximum absolute atomic E-state index is 11.5. The highest BCUT2D eigenvalue weighted by Crippen LogP contribution is 2.27. The second-order valence-corrected chi connectivity index (χ2v) is 5.05. The molecule has 2 fully saturated rings. The number of nitrogens with zero attached hydrogens (tertiary/aromatic N) is 2. The van der Waals surface area contributed by atoms with Crippen LogP contribution in [0.5, 0.6) is 0 Å². The van der Waals surface area contributed by atoms with Crippen molar-refractivity contribution in [1.29, 1.82) is 0 Å². The van der Waals surface area contributed by atoms with Gasteiger partial charge in [-0.05, 0) is 25.8 Å². The molecule has 5 heteroatoms. The van der Waals surface area contributed by atoms with Gasteiger partial charge in [-0.3, -0.25) is 4.90 Å². The molecule has 2 N–H and O–H groups in total. The van der Waals surface area contributed by atoms with Gasteiger partial charge in [0.25, 0.3) is 0 Å². The first-order valence-corrected chi connectivity index (χ1v) is 5.98. The lowest BCUT2D eigenvalue weighted by atomic mass is 9.96. The van der Waals surface area contributed by atoms with Crippen molar-refractivity contribution in [3.8, 4) is 0 Å². The number of hydrogen-bond acceptors (Lipinski definition) is 3. The van der Waals surface area contributed by atoms with Crippen molar-refractivity contribution in [2.24, 2.45) is 0 Å². The number of urea groups is 1. The summed E-state index contributed by atoms with van der Waals surface area (Å²) in [4.78, 5) is 15.4. The van der Waals surface area contributed by atoms with Crippen molar-refractivity contribution in [2.75, 3.05) is 27.2 Å². The minimum Gasteiger partial charge on any atom is -0.391 e. The van der Waals surface area contributed by atoms with Crippen LogP contribution in [0.1, 0.15) is 19.3 Å². The van der Waals surface area contributed by atoms with E-state index in [0.29, 0.717) is 12.5 Å². The highest BCUT2D eigenvalue weighted by molar-refractivity contribution is 5.73. The van der Waals surface area contributed by atoms with Gasteiger partial charge in [0.05, 0.1) is 6.10 Å². The number of hydrogen-bond donors (Lipinski definition) is 2. The predicted molar refractivity (Wildman–Crippen MR) is 61.2 cm³/mol. The number of carbonyl (C=O) groups is 1. The Hall–Kier alpha value is -0.810. The number of rotatable bonds is 1. The van der Waals surface area contributed by atoms with E-state index in [1.807, 2.05) is 0 Å². The average Bonchev–Trinajstić information content (AvgIpc) is 2.65. The number of nitrogens with one attached hydrogen (secondary N) is 1. The Labute approximate surface area is 96.4 Å². The summed E-state index contributed by atoms with van der Waals surface area (Å²) in [6, 6.07) is 0.335. The van der Waals surface area contributed by atoms with Crippen LogP contribution in [0, 0.1) is 0 Å². The summed E-state index contributed by atoms with van der Waals surface area (Å²) in [5.74, 6) is 0. The first kappa shape index (κ1) is 11.7. The number of carbonyl (C=O) groups excluding carboxylic acids is 1. The van der Waals surface area contributed by atoms with E-state index in [1.165, 1.54) is 4.90 Å². The van der Waals surface area contributed by atoms with Crippen LogP contribution in [0.15, 0.2) is 0 Å². The summed E-state index contributed by atoms with van der Waals surface area (Å²) in [5, 5.41) is 12.9. The van der Waals surface area contributed by atoms with Crippen LogP contribution in [0.25, 0.3) is 0 Å². The van der Waals surface area contributed by atoms with Crippen LogP contribution in [0.2, 0.25) is 0 Å². The van der Waals surface area contributed by atoms with Crippen molar-refractivity contribution in [1.82, 2.24) is 15.1 Å². The number of fused-ring (bicyclic) bond motifs is 1. The molecule has 3 atom stereocenters. The number of aliphatic hydroxyl groups is 1. The zero-order valence-electron chi connectivity index (χ0n) is 10.0. The van der Waals surface area contributed by atoms with Gasteiger partial charge in [-0.25, -0.2) is 4.79 Å². The summed E-state index contributed by atoms with van der Waals surface area (Å²) < 4.78 is 0. The van der Waals surface area contributed by atoms with Crippen LogP contribution in [0.4, 0.5) is 4.79 Å². The summed E-state index contributed by atoms with van der Waals surface area (Å²) in [6.45, 7) is 1.93. The fourth-order valence-corrected chi connectivity index (χ4v) is 2.73. The lowest BCUT2D eigenvalue weighted by Gasteiger charge is -2.39. The molecule has 0 bridgehead atoms. The maximum Gasteiger partial charge on any atom is 0.317 e. The molecule has 16 heavy (non-hydrogen) atoms. The lowest BCUT2D eigenvalue weighted by Crippen LogP contribution is -2.56. The van der Waals surface area contributed by atoms with E-state index in [2.05, 4.69) is 10.2 Å². The molecular weight excluding hydrogens is 206 g/mol. The number of piperidine rings is 1. The molecule has 0 saturated carbocycles. The third-order valence-electron chi connectivity index (χ3n) is 3.57. The van der Waals surface area contributed by atoms with E-state index in [9.17, 15) is 9.90 Å². The van der Waals surface area contributed by atoms with E-state index in [0.717, 1.165) is 25.9 Å². The van der Waals surface area contributed by atoms with E-state index < -0.39 is 0 Å². The fraction of sp³-hybridized carbons (Fsp3) is 0.909. The Morgan fingerprint density at radius 1 is 1.50 bits per heavy atom. The second kappa shape index (κ2) is 4.59. The van der Waals surface area contributed by atoms with Crippen molar-refractivity contribution >= 4 is 6.03 Å². The molecule has 0 aromatic carbocycles.